The van der Waals surface area contributed by atoms with Gasteiger partial charge < -0.3 is 5.32 Å². The third-order valence-electron chi connectivity index (χ3n) is 3.22. The van der Waals surface area contributed by atoms with E-state index in [0.717, 1.165) is 32.8 Å². The zero-order valence-corrected chi connectivity index (χ0v) is 13.9. The molecule has 0 bridgehead atoms. The minimum Gasteiger partial charge on any atom is -0.372 e. The summed E-state index contributed by atoms with van der Waals surface area (Å²) in [5.41, 5.74) is 1.25. The van der Waals surface area contributed by atoms with Crippen molar-refractivity contribution in [3.05, 3.63) is 22.1 Å². The van der Waals surface area contributed by atoms with Crippen molar-refractivity contribution in [3.63, 3.8) is 0 Å². The number of anilines is 1. The Hall–Kier alpha value is -1.67. The SMILES string of the molecule is CNc1nc(CSc2n[nH]c(C)n2)nc2sc(C)c(C)c12. The number of H-pyrrole nitrogens is 1. The number of thiophene rings is 1. The predicted octanol–water partition coefficient (Wildman–Crippen LogP) is 3.07. The maximum atomic E-state index is 4.67. The molecule has 0 spiro atoms. The maximum Gasteiger partial charge on any atom is 0.208 e. The highest BCUT2D eigenvalue weighted by atomic mass is 32.2. The molecule has 0 saturated carbocycles. The van der Waals surface area contributed by atoms with Gasteiger partial charge in [0.2, 0.25) is 5.16 Å². The van der Waals surface area contributed by atoms with Gasteiger partial charge in [-0.05, 0) is 26.3 Å². The second-order valence-corrected chi connectivity index (χ2v) is 6.84. The molecule has 3 aromatic heterocycles. The summed E-state index contributed by atoms with van der Waals surface area (Å²) in [4.78, 5) is 15.9. The van der Waals surface area contributed by atoms with E-state index in [1.54, 1.807) is 11.3 Å². The second-order valence-electron chi connectivity index (χ2n) is 4.69. The molecule has 3 rings (SSSR count). The van der Waals surface area contributed by atoms with Crippen molar-refractivity contribution in [2.45, 2.75) is 31.7 Å². The van der Waals surface area contributed by atoms with Crippen LogP contribution in [0.15, 0.2) is 5.16 Å². The molecule has 0 aliphatic rings. The average Bonchev–Trinajstić information content (AvgIpc) is 3.00. The summed E-state index contributed by atoms with van der Waals surface area (Å²) in [6.45, 7) is 6.12. The van der Waals surface area contributed by atoms with Crippen molar-refractivity contribution >= 4 is 39.1 Å². The largest absolute Gasteiger partial charge is 0.372 e. The third kappa shape index (κ3) is 2.73. The number of nitrogens with one attached hydrogen (secondary N) is 2. The summed E-state index contributed by atoms with van der Waals surface area (Å²) in [5.74, 6) is 3.15. The average molecular weight is 320 g/mol. The molecule has 0 amide bonds. The summed E-state index contributed by atoms with van der Waals surface area (Å²) in [6, 6.07) is 0. The first-order valence-electron chi connectivity index (χ1n) is 6.54. The van der Waals surface area contributed by atoms with E-state index in [4.69, 9.17) is 0 Å². The van der Waals surface area contributed by atoms with Gasteiger partial charge in [-0.25, -0.2) is 15.0 Å². The van der Waals surface area contributed by atoms with E-state index in [1.807, 2.05) is 14.0 Å². The topological polar surface area (TPSA) is 79.4 Å². The van der Waals surface area contributed by atoms with Gasteiger partial charge in [-0.15, -0.1) is 16.4 Å². The molecule has 8 heteroatoms. The van der Waals surface area contributed by atoms with Crippen LogP contribution >= 0.6 is 23.1 Å². The fourth-order valence-electron chi connectivity index (χ4n) is 2.06. The normalized spacial score (nSPS) is 11.2. The summed E-state index contributed by atoms with van der Waals surface area (Å²) in [6.07, 6.45) is 0. The Morgan fingerprint density at radius 2 is 2.00 bits per heavy atom. The minimum atomic E-state index is 0.651. The van der Waals surface area contributed by atoms with Gasteiger partial charge in [0.05, 0.1) is 11.1 Å². The first kappa shape index (κ1) is 14.3. The molecule has 0 aliphatic heterocycles. The van der Waals surface area contributed by atoms with Crippen molar-refractivity contribution in [1.29, 1.82) is 0 Å². The van der Waals surface area contributed by atoms with Crippen molar-refractivity contribution in [1.82, 2.24) is 25.1 Å². The van der Waals surface area contributed by atoms with Gasteiger partial charge in [0.15, 0.2) is 0 Å². The van der Waals surface area contributed by atoms with E-state index in [1.165, 1.54) is 22.2 Å². The standard InChI is InChI=1S/C13H16N6S2/c1-6-7(2)21-12-10(6)11(14-4)16-9(17-12)5-20-13-15-8(3)18-19-13/h5H2,1-4H3,(H,14,16,17)(H,15,18,19). The Balaban J connectivity index is 1.92. The molecular weight excluding hydrogens is 304 g/mol. The molecule has 110 valence electrons. The van der Waals surface area contributed by atoms with Crippen molar-refractivity contribution in [2.75, 3.05) is 12.4 Å². The third-order valence-corrected chi connectivity index (χ3v) is 5.16. The van der Waals surface area contributed by atoms with E-state index >= 15 is 0 Å². The van der Waals surface area contributed by atoms with Gasteiger partial charge in [0, 0.05) is 11.9 Å². The van der Waals surface area contributed by atoms with Crippen molar-refractivity contribution < 1.29 is 0 Å². The van der Waals surface area contributed by atoms with Gasteiger partial charge in [0.1, 0.15) is 22.3 Å². The van der Waals surface area contributed by atoms with Crippen molar-refractivity contribution in [3.8, 4) is 0 Å². The molecule has 3 heterocycles. The first-order valence-corrected chi connectivity index (χ1v) is 8.35. The van der Waals surface area contributed by atoms with Crippen LogP contribution in [0.3, 0.4) is 0 Å². The Morgan fingerprint density at radius 3 is 2.67 bits per heavy atom. The number of aromatic amines is 1. The van der Waals surface area contributed by atoms with Crippen LogP contribution < -0.4 is 5.32 Å². The van der Waals surface area contributed by atoms with Crippen LogP contribution in [-0.4, -0.2) is 32.2 Å². The Morgan fingerprint density at radius 1 is 1.19 bits per heavy atom. The number of aryl methyl sites for hydroxylation is 3. The van der Waals surface area contributed by atoms with Gasteiger partial charge in [-0.1, -0.05) is 11.8 Å². The Kier molecular flexibility index (Phi) is 3.81. The Bertz CT molecular complexity index is 791. The molecule has 0 unspecified atom stereocenters. The van der Waals surface area contributed by atoms with Crippen LogP contribution in [0, 0.1) is 20.8 Å². The number of aromatic nitrogens is 5. The molecular formula is C13H16N6S2. The number of nitrogens with zero attached hydrogens (tertiary/aromatic N) is 4. The van der Waals surface area contributed by atoms with E-state index in [0.29, 0.717) is 5.75 Å². The zero-order chi connectivity index (χ0) is 15.0. The smallest absolute Gasteiger partial charge is 0.208 e. The highest BCUT2D eigenvalue weighted by Crippen LogP contribution is 2.33. The summed E-state index contributed by atoms with van der Waals surface area (Å²) in [5, 5.41) is 12.0. The van der Waals surface area contributed by atoms with Crippen molar-refractivity contribution in [2.24, 2.45) is 0 Å². The summed E-state index contributed by atoms with van der Waals surface area (Å²) >= 11 is 3.24. The summed E-state index contributed by atoms with van der Waals surface area (Å²) in [7, 11) is 1.89. The zero-order valence-electron chi connectivity index (χ0n) is 12.3. The molecule has 0 aliphatic carbocycles. The van der Waals surface area contributed by atoms with Gasteiger partial charge in [-0.2, -0.15) is 0 Å². The number of hydrogen-bond acceptors (Lipinski definition) is 7. The maximum absolute atomic E-state index is 4.67. The lowest BCUT2D eigenvalue weighted by atomic mass is 10.2. The lowest BCUT2D eigenvalue weighted by Gasteiger charge is -2.05. The molecule has 0 saturated heterocycles. The van der Waals surface area contributed by atoms with E-state index in [-0.39, 0.29) is 0 Å². The summed E-state index contributed by atoms with van der Waals surface area (Å²) < 4.78 is 0. The fourth-order valence-corrected chi connectivity index (χ4v) is 3.80. The minimum absolute atomic E-state index is 0.651. The molecule has 6 nitrogen and oxygen atoms in total. The quantitative estimate of drug-likeness (QED) is 0.719. The lowest BCUT2D eigenvalue weighted by Crippen LogP contribution is -2.00. The first-order chi connectivity index (χ1) is 10.1. The molecule has 2 N–H and O–H groups in total. The molecule has 0 radical (unpaired) electrons. The van der Waals surface area contributed by atoms with Crippen LogP contribution in [0.25, 0.3) is 10.2 Å². The molecule has 0 aromatic carbocycles. The van der Waals surface area contributed by atoms with Crippen LogP contribution in [0.4, 0.5) is 5.82 Å². The lowest BCUT2D eigenvalue weighted by molar-refractivity contribution is 0.965. The monoisotopic (exact) mass is 320 g/mol. The highest BCUT2D eigenvalue weighted by Gasteiger charge is 2.14. The van der Waals surface area contributed by atoms with Crippen LogP contribution in [0.5, 0.6) is 0 Å². The number of fused-ring (bicyclic) bond motifs is 1. The number of thioether (sulfide) groups is 1. The van der Waals surface area contributed by atoms with E-state index in [2.05, 4.69) is 44.3 Å². The number of rotatable bonds is 4. The molecule has 0 atom stereocenters. The van der Waals surface area contributed by atoms with Crippen LogP contribution in [0.2, 0.25) is 0 Å². The second kappa shape index (κ2) is 5.61. The van der Waals surface area contributed by atoms with Gasteiger partial charge >= 0.3 is 0 Å². The van der Waals surface area contributed by atoms with E-state index in [9.17, 15) is 0 Å². The molecule has 21 heavy (non-hydrogen) atoms. The molecule has 0 fully saturated rings. The molecule has 3 aromatic rings. The van der Waals surface area contributed by atoms with Crippen LogP contribution in [-0.2, 0) is 5.75 Å². The highest BCUT2D eigenvalue weighted by molar-refractivity contribution is 7.98. The van der Waals surface area contributed by atoms with Crippen LogP contribution in [0.1, 0.15) is 22.1 Å². The number of hydrogen-bond donors (Lipinski definition) is 2. The van der Waals surface area contributed by atoms with Gasteiger partial charge in [0.25, 0.3) is 0 Å². The van der Waals surface area contributed by atoms with Gasteiger partial charge in [-0.3, -0.25) is 5.10 Å². The fraction of sp³-hybridized carbons (Fsp3) is 0.385. The predicted molar refractivity (Wildman–Crippen MR) is 87.1 cm³/mol. The van der Waals surface area contributed by atoms with E-state index < -0.39 is 0 Å². The Labute approximate surface area is 130 Å².